The maximum atomic E-state index is 13.2. The predicted octanol–water partition coefficient (Wildman–Crippen LogP) is 1.27. The Labute approximate surface area is 82.2 Å². The van der Waals surface area contributed by atoms with Crippen LogP contribution in [0.1, 0.15) is 0 Å². The first-order valence-electron chi connectivity index (χ1n) is 3.90. The van der Waals surface area contributed by atoms with E-state index in [9.17, 15) is 13.2 Å². The highest BCUT2D eigenvalue weighted by Crippen LogP contribution is 2.18. The maximum Gasteiger partial charge on any atom is 0.239 e. The van der Waals surface area contributed by atoms with Gasteiger partial charge in [0, 0.05) is 12.1 Å². The second-order valence-electron chi connectivity index (χ2n) is 2.77. The molecular weight excluding hydrogens is 209 g/mol. The molecule has 1 heterocycles. The molecule has 0 radical (unpaired) electrons. The topological polar surface area (TPSA) is 56.7 Å². The Hall–Kier alpha value is -2.05. The van der Waals surface area contributed by atoms with E-state index in [4.69, 9.17) is 5.73 Å². The van der Waals surface area contributed by atoms with Crippen molar-refractivity contribution < 1.29 is 13.2 Å². The van der Waals surface area contributed by atoms with Crippen LogP contribution in [0.2, 0.25) is 0 Å². The molecule has 0 fully saturated rings. The molecule has 0 spiro atoms. The van der Waals surface area contributed by atoms with Gasteiger partial charge in [-0.25, -0.2) is 22.8 Å². The summed E-state index contributed by atoms with van der Waals surface area (Å²) < 4.78 is 39.8. The third kappa shape index (κ3) is 1.63. The predicted molar refractivity (Wildman–Crippen MR) is 45.6 cm³/mol. The third-order valence-electron chi connectivity index (χ3n) is 1.72. The highest BCUT2D eigenvalue weighted by atomic mass is 19.1. The lowest BCUT2D eigenvalue weighted by Gasteiger charge is -2.03. The molecule has 1 aromatic heterocycles. The Morgan fingerprint density at radius 2 is 1.73 bits per heavy atom. The minimum absolute atomic E-state index is 0.127. The van der Waals surface area contributed by atoms with E-state index in [0.29, 0.717) is 12.1 Å². The van der Waals surface area contributed by atoms with Crippen molar-refractivity contribution >= 4 is 5.95 Å². The van der Waals surface area contributed by atoms with Crippen molar-refractivity contribution in [2.45, 2.75) is 0 Å². The normalized spacial score (nSPS) is 10.6. The molecule has 0 aliphatic rings. The molecule has 2 rings (SSSR count). The Balaban J connectivity index is 2.62. The van der Waals surface area contributed by atoms with E-state index in [0.717, 1.165) is 11.0 Å². The fraction of sp³-hybridized carbons (Fsp3) is 0. The number of hydrogen-bond acceptors (Lipinski definition) is 3. The van der Waals surface area contributed by atoms with Gasteiger partial charge in [-0.15, -0.1) is 5.10 Å². The summed E-state index contributed by atoms with van der Waals surface area (Å²) in [4.78, 5) is 3.50. The summed E-state index contributed by atoms with van der Waals surface area (Å²) >= 11 is 0. The van der Waals surface area contributed by atoms with Gasteiger partial charge >= 0.3 is 0 Å². The molecule has 1 aromatic carbocycles. The van der Waals surface area contributed by atoms with E-state index in [1.807, 2.05) is 0 Å². The number of hydrogen-bond donors (Lipinski definition) is 1. The van der Waals surface area contributed by atoms with Crippen LogP contribution >= 0.6 is 0 Å². The largest absolute Gasteiger partial charge is 0.366 e. The molecule has 78 valence electrons. The van der Waals surface area contributed by atoms with Gasteiger partial charge in [-0.1, -0.05) is 0 Å². The Morgan fingerprint density at radius 3 is 2.20 bits per heavy atom. The number of aromatic nitrogens is 3. The van der Waals surface area contributed by atoms with Gasteiger partial charge in [0.2, 0.25) is 5.95 Å². The molecular formula is C8H5F3N4. The van der Waals surface area contributed by atoms with Crippen LogP contribution in [0.4, 0.5) is 19.1 Å². The van der Waals surface area contributed by atoms with Crippen molar-refractivity contribution in [3.8, 4) is 5.69 Å². The monoisotopic (exact) mass is 214 g/mol. The molecule has 0 saturated heterocycles. The average molecular weight is 214 g/mol. The lowest BCUT2D eigenvalue weighted by atomic mass is 10.3. The quantitative estimate of drug-likeness (QED) is 0.777. The number of anilines is 1. The zero-order chi connectivity index (χ0) is 11.0. The molecule has 4 nitrogen and oxygen atoms in total. The standard InChI is InChI=1S/C8H5F3N4/c9-4-1-5(10)7(6(11)2-4)15-3-13-8(12)14-15/h1-3H,(H2,12,14). The van der Waals surface area contributed by atoms with Crippen LogP contribution in [0.25, 0.3) is 5.69 Å². The molecule has 0 saturated carbocycles. The van der Waals surface area contributed by atoms with Crippen molar-refractivity contribution in [3.63, 3.8) is 0 Å². The van der Waals surface area contributed by atoms with Crippen molar-refractivity contribution in [3.05, 3.63) is 35.9 Å². The Kier molecular flexibility index (Phi) is 2.07. The molecule has 0 amide bonds. The van der Waals surface area contributed by atoms with Crippen LogP contribution in [0.5, 0.6) is 0 Å². The number of rotatable bonds is 1. The smallest absolute Gasteiger partial charge is 0.239 e. The van der Waals surface area contributed by atoms with E-state index < -0.39 is 23.1 Å². The summed E-state index contributed by atoms with van der Waals surface area (Å²) in [5, 5.41) is 3.51. The average Bonchev–Trinajstić information content (AvgIpc) is 2.49. The molecule has 15 heavy (non-hydrogen) atoms. The van der Waals surface area contributed by atoms with E-state index in [2.05, 4.69) is 10.1 Å². The van der Waals surface area contributed by atoms with Gasteiger partial charge in [0.1, 0.15) is 17.8 Å². The summed E-state index contributed by atoms with van der Waals surface area (Å²) in [6.07, 6.45) is 1.04. The maximum absolute atomic E-state index is 13.2. The van der Waals surface area contributed by atoms with E-state index in [-0.39, 0.29) is 5.95 Å². The van der Waals surface area contributed by atoms with Crippen LogP contribution in [-0.4, -0.2) is 14.8 Å². The third-order valence-corrected chi connectivity index (χ3v) is 1.72. The van der Waals surface area contributed by atoms with Gasteiger partial charge in [0.05, 0.1) is 0 Å². The summed E-state index contributed by atoms with van der Waals surface area (Å²) in [5.74, 6) is -3.27. The van der Waals surface area contributed by atoms with Crippen LogP contribution < -0.4 is 5.73 Å². The first kappa shape index (κ1) is 9.50. The van der Waals surface area contributed by atoms with Crippen LogP contribution in [0.3, 0.4) is 0 Å². The number of nitrogen functional groups attached to an aromatic ring is 1. The first-order chi connectivity index (χ1) is 7.08. The summed E-state index contributed by atoms with van der Waals surface area (Å²) in [7, 11) is 0. The van der Waals surface area contributed by atoms with Crippen molar-refractivity contribution in [2.24, 2.45) is 0 Å². The lowest BCUT2D eigenvalue weighted by molar-refractivity contribution is 0.528. The van der Waals surface area contributed by atoms with Crippen LogP contribution in [0, 0.1) is 17.5 Å². The molecule has 0 aliphatic carbocycles. The van der Waals surface area contributed by atoms with E-state index >= 15 is 0 Å². The van der Waals surface area contributed by atoms with E-state index in [1.165, 1.54) is 0 Å². The fourth-order valence-electron chi connectivity index (χ4n) is 1.14. The zero-order valence-corrected chi connectivity index (χ0v) is 7.28. The lowest BCUT2D eigenvalue weighted by Crippen LogP contribution is -2.03. The number of halogens is 3. The summed E-state index contributed by atoms with van der Waals surface area (Å²) in [6.45, 7) is 0. The molecule has 0 unspecified atom stereocenters. The van der Waals surface area contributed by atoms with Crippen molar-refractivity contribution in [1.29, 1.82) is 0 Å². The highest BCUT2D eigenvalue weighted by molar-refractivity contribution is 5.35. The Morgan fingerprint density at radius 1 is 1.13 bits per heavy atom. The highest BCUT2D eigenvalue weighted by Gasteiger charge is 2.14. The van der Waals surface area contributed by atoms with Gasteiger partial charge in [-0.2, -0.15) is 0 Å². The first-order valence-corrected chi connectivity index (χ1v) is 3.90. The van der Waals surface area contributed by atoms with Gasteiger partial charge in [0.25, 0.3) is 0 Å². The van der Waals surface area contributed by atoms with E-state index in [1.54, 1.807) is 0 Å². The van der Waals surface area contributed by atoms with Crippen molar-refractivity contribution in [1.82, 2.24) is 14.8 Å². The summed E-state index contributed by atoms with van der Waals surface area (Å²) in [5.41, 5.74) is 4.67. The zero-order valence-electron chi connectivity index (χ0n) is 7.28. The van der Waals surface area contributed by atoms with Gasteiger partial charge in [0.15, 0.2) is 11.6 Å². The number of nitrogens with zero attached hydrogens (tertiary/aromatic N) is 3. The molecule has 2 N–H and O–H groups in total. The molecule has 0 atom stereocenters. The minimum Gasteiger partial charge on any atom is -0.366 e. The second-order valence-corrected chi connectivity index (χ2v) is 2.77. The minimum atomic E-state index is -1.07. The number of nitrogens with two attached hydrogens (primary N) is 1. The fourth-order valence-corrected chi connectivity index (χ4v) is 1.14. The van der Waals surface area contributed by atoms with Crippen LogP contribution in [0.15, 0.2) is 18.5 Å². The SMILES string of the molecule is Nc1ncn(-c2c(F)cc(F)cc2F)n1. The molecule has 0 bridgehead atoms. The van der Waals surface area contributed by atoms with Crippen molar-refractivity contribution in [2.75, 3.05) is 5.73 Å². The molecule has 0 aliphatic heterocycles. The number of benzene rings is 1. The molecule has 7 heteroatoms. The van der Waals surface area contributed by atoms with Crippen LogP contribution in [-0.2, 0) is 0 Å². The van der Waals surface area contributed by atoms with Gasteiger partial charge < -0.3 is 5.73 Å². The van der Waals surface area contributed by atoms with Gasteiger partial charge in [-0.3, -0.25) is 0 Å². The second kappa shape index (κ2) is 3.26. The van der Waals surface area contributed by atoms with Gasteiger partial charge in [-0.05, 0) is 0 Å². The molecule has 2 aromatic rings. The summed E-state index contributed by atoms with van der Waals surface area (Å²) in [6, 6.07) is 1.10. The Bertz CT molecular complexity index is 485.